The number of esters is 2. The fourth-order valence-corrected chi connectivity index (χ4v) is 1.81. The van der Waals surface area contributed by atoms with Crippen LogP contribution in [0.3, 0.4) is 0 Å². The lowest BCUT2D eigenvalue weighted by Gasteiger charge is -2.06. The molecule has 2 aromatic rings. The summed E-state index contributed by atoms with van der Waals surface area (Å²) in [5.74, 6) is -3.81. The summed E-state index contributed by atoms with van der Waals surface area (Å²) in [4.78, 5) is 33.2. The Hall–Kier alpha value is -3.36. The monoisotopic (exact) mass is 351 g/mol. The molecule has 0 saturated carbocycles. The second-order valence-corrected chi connectivity index (χ2v) is 4.77. The van der Waals surface area contributed by atoms with Crippen LogP contribution in [0.4, 0.5) is 14.5 Å². The van der Waals surface area contributed by atoms with E-state index in [0.29, 0.717) is 6.07 Å². The fraction of sp³-hybridized carbons (Fsp3) is 0.125. The number of rotatable bonds is 6. The van der Waals surface area contributed by atoms with Gasteiger partial charge >= 0.3 is 17.6 Å². The number of hydrogen-bond acceptors (Lipinski definition) is 6. The van der Waals surface area contributed by atoms with Crippen LogP contribution in [0.5, 0.6) is 11.5 Å². The van der Waals surface area contributed by atoms with Gasteiger partial charge in [-0.3, -0.25) is 19.7 Å². The molecular formula is C16H11F2NO6. The Balaban J connectivity index is 1.91. The molecule has 0 fully saturated rings. The van der Waals surface area contributed by atoms with Crippen molar-refractivity contribution in [3.05, 3.63) is 64.2 Å². The Morgan fingerprint density at radius 3 is 2.24 bits per heavy atom. The van der Waals surface area contributed by atoms with Gasteiger partial charge in [0.25, 0.3) is 0 Å². The van der Waals surface area contributed by atoms with E-state index in [4.69, 9.17) is 9.47 Å². The van der Waals surface area contributed by atoms with E-state index in [1.807, 2.05) is 0 Å². The van der Waals surface area contributed by atoms with Crippen LogP contribution in [0.25, 0.3) is 0 Å². The molecule has 0 radical (unpaired) electrons. The van der Waals surface area contributed by atoms with Gasteiger partial charge in [0.2, 0.25) is 5.75 Å². The van der Waals surface area contributed by atoms with Crippen LogP contribution in [0.1, 0.15) is 12.8 Å². The SMILES string of the molecule is O=C(CCC(=O)Oc1cc(F)ccc1[N+](=O)[O-])Oc1cccc(F)c1. The maximum absolute atomic E-state index is 13.1. The van der Waals surface area contributed by atoms with Crippen LogP contribution in [0, 0.1) is 21.7 Å². The second kappa shape index (κ2) is 7.95. The summed E-state index contributed by atoms with van der Waals surface area (Å²) >= 11 is 0. The Labute approximate surface area is 139 Å². The molecular weight excluding hydrogens is 340 g/mol. The topological polar surface area (TPSA) is 95.7 Å². The standard InChI is InChI=1S/C16H11F2NO6/c17-10-2-1-3-12(8-10)24-15(20)6-7-16(21)25-14-9-11(18)4-5-13(14)19(22)23/h1-5,8-9H,6-7H2. The maximum atomic E-state index is 13.1. The van der Waals surface area contributed by atoms with Crippen molar-refractivity contribution in [3.8, 4) is 11.5 Å². The highest BCUT2D eigenvalue weighted by Gasteiger charge is 2.19. The molecule has 0 heterocycles. The van der Waals surface area contributed by atoms with Crippen molar-refractivity contribution in [2.75, 3.05) is 0 Å². The van der Waals surface area contributed by atoms with Crippen molar-refractivity contribution in [2.24, 2.45) is 0 Å². The molecule has 2 aromatic carbocycles. The minimum Gasteiger partial charge on any atom is -0.426 e. The summed E-state index contributed by atoms with van der Waals surface area (Å²) in [6.45, 7) is 0. The molecule has 0 aliphatic carbocycles. The number of nitrogens with zero attached hydrogens (tertiary/aromatic N) is 1. The summed E-state index contributed by atoms with van der Waals surface area (Å²) < 4.78 is 35.6. The molecule has 0 aliphatic heterocycles. The molecule has 0 amide bonds. The summed E-state index contributed by atoms with van der Waals surface area (Å²) in [7, 11) is 0. The van der Waals surface area contributed by atoms with Crippen LogP contribution in [-0.4, -0.2) is 16.9 Å². The van der Waals surface area contributed by atoms with Crippen molar-refractivity contribution in [1.29, 1.82) is 0 Å². The highest BCUT2D eigenvalue weighted by atomic mass is 19.1. The van der Waals surface area contributed by atoms with Crippen molar-refractivity contribution in [3.63, 3.8) is 0 Å². The predicted octanol–water partition coefficient (Wildman–Crippen LogP) is 3.16. The van der Waals surface area contributed by atoms with E-state index in [0.717, 1.165) is 18.2 Å². The average Bonchev–Trinajstić information content (AvgIpc) is 2.53. The van der Waals surface area contributed by atoms with Crippen LogP contribution in [0.2, 0.25) is 0 Å². The number of nitro benzene ring substituents is 1. The number of carbonyl (C=O) groups is 2. The molecule has 0 bridgehead atoms. The van der Waals surface area contributed by atoms with Gasteiger partial charge in [-0.1, -0.05) is 6.07 Å². The zero-order valence-corrected chi connectivity index (χ0v) is 12.6. The van der Waals surface area contributed by atoms with Crippen molar-refractivity contribution in [2.45, 2.75) is 12.8 Å². The van der Waals surface area contributed by atoms with Gasteiger partial charge in [-0.2, -0.15) is 0 Å². The third kappa shape index (κ3) is 5.34. The number of ether oxygens (including phenoxy) is 2. The number of benzene rings is 2. The third-order valence-corrected chi connectivity index (χ3v) is 2.90. The first-order valence-corrected chi connectivity index (χ1v) is 6.96. The predicted molar refractivity (Wildman–Crippen MR) is 80.0 cm³/mol. The molecule has 130 valence electrons. The third-order valence-electron chi connectivity index (χ3n) is 2.90. The number of nitro groups is 1. The smallest absolute Gasteiger partial charge is 0.312 e. The van der Waals surface area contributed by atoms with Gasteiger partial charge in [-0.25, -0.2) is 8.78 Å². The molecule has 0 spiro atoms. The highest BCUT2D eigenvalue weighted by molar-refractivity contribution is 5.80. The van der Waals surface area contributed by atoms with Gasteiger partial charge < -0.3 is 9.47 Å². The molecule has 0 N–H and O–H groups in total. The largest absolute Gasteiger partial charge is 0.426 e. The first-order valence-electron chi connectivity index (χ1n) is 6.96. The quantitative estimate of drug-likeness (QED) is 0.343. The van der Waals surface area contributed by atoms with E-state index in [-0.39, 0.29) is 5.75 Å². The Morgan fingerprint density at radius 1 is 0.960 bits per heavy atom. The van der Waals surface area contributed by atoms with Crippen LogP contribution >= 0.6 is 0 Å². The molecule has 0 aliphatic rings. The summed E-state index contributed by atoms with van der Waals surface area (Å²) in [6, 6.07) is 7.26. The Kier molecular flexibility index (Phi) is 5.72. The lowest BCUT2D eigenvalue weighted by atomic mass is 10.2. The van der Waals surface area contributed by atoms with Gasteiger partial charge in [0.05, 0.1) is 17.8 Å². The fourth-order valence-electron chi connectivity index (χ4n) is 1.81. The van der Waals surface area contributed by atoms with Crippen LogP contribution < -0.4 is 9.47 Å². The van der Waals surface area contributed by atoms with Gasteiger partial charge in [0, 0.05) is 18.2 Å². The van der Waals surface area contributed by atoms with Crippen LogP contribution in [-0.2, 0) is 9.59 Å². The second-order valence-electron chi connectivity index (χ2n) is 4.77. The zero-order chi connectivity index (χ0) is 18.4. The van der Waals surface area contributed by atoms with Gasteiger partial charge in [0.15, 0.2) is 0 Å². The molecule has 7 nitrogen and oxygen atoms in total. The number of hydrogen-bond donors (Lipinski definition) is 0. The van der Waals surface area contributed by atoms with Crippen molar-refractivity contribution < 1.29 is 32.8 Å². The molecule has 0 unspecified atom stereocenters. The molecule has 2 rings (SSSR count). The first-order chi connectivity index (χ1) is 11.8. The summed E-state index contributed by atoms with van der Waals surface area (Å²) in [5, 5.41) is 10.8. The lowest BCUT2D eigenvalue weighted by Crippen LogP contribution is -2.14. The Morgan fingerprint density at radius 2 is 1.60 bits per heavy atom. The van der Waals surface area contributed by atoms with E-state index >= 15 is 0 Å². The molecule has 0 atom stereocenters. The molecule has 9 heteroatoms. The minimum atomic E-state index is -0.982. The molecule has 25 heavy (non-hydrogen) atoms. The van der Waals surface area contributed by atoms with E-state index in [9.17, 15) is 28.5 Å². The van der Waals surface area contributed by atoms with Gasteiger partial charge in [-0.15, -0.1) is 0 Å². The highest BCUT2D eigenvalue weighted by Crippen LogP contribution is 2.27. The van der Waals surface area contributed by atoms with Crippen molar-refractivity contribution in [1.82, 2.24) is 0 Å². The number of halogens is 2. The molecule has 0 saturated heterocycles. The first kappa shape index (κ1) is 18.0. The normalized spacial score (nSPS) is 10.2. The van der Waals surface area contributed by atoms with E-state index in [1.165, 1.54) is 18.2 Å². The van der Waals surface area contributed by atoms with Gasteiger partial charge in [0.1, 0.15) is 17.4 Å². The van der Waals surface area contributed by atoms with Crippen molar-refractivity contribution >= 4 is 17.6 Å². The molecule has 0 aromatic heterocycles. The van der Waals surface area contributed by atoms with Gasteiger partial charge in [-0.05, 0) is 18.2 Å². The summed E-state index contributed by atoms with van der Waals surface area (Å²) in [5.41, 5.74) is -0.586. The van der Waals surface area contributed by atoms with E-state index in [2.05, 4.69) is 0 Å². The van der Waals surface area contributed by atoms with E-state index < -0.39 is 52.8 Å². The maximum Gasteiger partial charge on any atom is 0.312 e. The lowest BCUT2D eigenvalue weighted by molar-refractivity contribution is -0.385. The Bertz CT molecular complexity index is 824. The number of carbonyl (C=O) groups excluding carboxylic acids is 2. The van der Waals surface area contributed by atoms with E-state index in [1.54, 1.807) is 0 Å². The zero-order valence-electron chi connectivity index (χ0n) is 12.6. The average molecular weight is 351 g/mol. The van der Waals surface area contributed by atoms with Crippen LogP contribution in [0.15, 0.2) is 42.5 Å². The summed E-state index contributed by atoms with van der Waals surface area (Å²) in [6.07, 6.45) is -0.861. The minimum absolute atomic E-state index is 0.0286.